The number of benzene rings is 2. The van der Waals surface area contributed by atoms with Crippen LogP contribution in [0.5, 0.6) is 0 Å². The van der Waals surface area contributed by atoms with Crippen LogP contribution in [0.4, 0.5) is 0 Å². The average Bonchev–Trinajstić information content (AvgIpc) is 3.50. The largest absolute Gasteiger partial charge is 0.377 e. The molecule has 0 radical (unpaired) electrons. The van der Waals surface area contributed by atoms with Crippen LogP contribution in [0.1, 0.15) is 11.1 Å². The lowest BCUT2D eigenvalue weighted by atomic mass is 9.96. The first kappa shape index (κ1) is 18.6. The summed E-state index contributed by atoms with van der Waals surface area (Å²) in [5.41, 5.74) is 7.51. The average molecular weight is 412 g/mol. The number of nitrogens with zero attached hydrogens (tertiary/aromatic N) is 3. The molecule has 2 aromatic heterocycles. The molecule has 5 nitrogen and oxygen atoms in total. The maximum Gasteiger partial charge on any atom is 0.0701 e. The fraction of sp³-hybridized carbons (Fsp3) is 0.269. The first-order valence-corrected chi connectivity index (χ1v) is 10.9. The van der Waals surface area contributed by atoms with Gasteiger partial charge in [0.05, 0.1) is 33.0 Å². The van der Waals surface area contributed by atoms with Crippen molar-refractivity contribution in [3.05, 3.63) is 72.1 Å². The Bertz CT molecular complexity index is 1330. The topological polar surface area (TPSA) is 40.7 Å². The molecule has 0 fully saturated rings. The van der Waals surface area contributed by atoms with Crippen LogP contribution in [0.2, 0.25) is 0 Å². The number of hydrogen-bond donors (Lipinski definition) is 0. The summed E-state index contributed by atoms with van der Waals surface area (Å²) in [4.78, 5) is 4.70. The lowest BCUT2D eigenvalue weighted by Crippen LogP contribution is -2.12. The summed E-state index contributed by atoms with van der Waals surface area (Å²) < 4.78 is 16.3. The van der Waals surface area contributed by atoms with Crippen molar-refractivity contribution in [3.63, 3.8) is 0 Å². The zero-order valence-corrected chi connectivity index (χ0v) is 17.5. The third-order valence-electron chi connectivity index (χ3n) is 6.31. The minimum Gasteiger partial charge on any atom is -0.377 e. The normalized spacial score (nSPS) is 17.5. The Hall–Kier alpha value is -3.15. The Balaban J connectivity index is 1.58. The first-order valence-electron chi connectivity index (χ1n) is 10.9. The van der Waals surface area contributed by atoms with E-state index in [1.165, 1.54) is 44.1 Å². The van der Waals surface area contributed by atoms with Crippen molar-refractivity contribution in [3.8, 4) is 0 Å². The Labute approximate surface area is 181 Å². The van der Waals surface area contributed by atoms with Crippen molar-refractivity contribution < 1.29 is 9.47 Å². The number of hydrogen-bond acceptors (Lipinski definition) is 3. The number of aromatic nitrogens is 2. The molecule has 0 unspecified atom stereocenters. The van der Waals surface area contributed by atoms with Gasteiger partial charge in [-0.05, 0) is 17.7 Å². The second-order valence-corrected chi connectivity index (χ2v) is 8.09. The highest BCUT2D eigenvalue weighted by Crippen LogP contribution is 2.37. The van der Waals surface area contributed by atoms with E-state index in [1.54, 1.807) is 0 Å². The lowest BCUT2D eigenvalue weighted by Gasteiger charge is -2.09. The van der Waals surface area contributed by atoms with Gasteiger partial charge in [0.1, 0.15) is 0 Å². The van der Waals surface area contributed by atoms with E-state index in [0.717, 1.165) is 13.1 Å². The molecule has 2 aromatic carbocycles. The molecule has 5 heteroatoms. The summed E-state index contributed by atoms with van der Waals surface area (Å²) in [6.45, 7) is 4.93. The van der Waals surface area contributed by atoms with Crippen LogP contribution in [0.3, 0.4) is 0 Å². The van der Waals surface area contributed by atoms with Gasteiger partial charge in [0.25, 0.3) is 0 Å². The SMILES string of the molecule is C1=NCC2=C1c1cn(c3ccccc13)CCOCCOCCn1cc2c2ccccc21. The number of ether oxygens (including phenoxy) is 2. The van der Waals surface area contributed by atoms with Crippen LogP contribution in [0, 0.1) is 0 Å². The molecule has 0 atom stereocenters. The molecule has 4 aromatic rings. The molecule has 4 bridgehead atoms. The van der Waals surface area contributed by atoms with Crippen molar-refractivity contribution in [1.29, 1.82) is 0 Å². The maximum atomic E-state index is 5.85. The minimum absolute atomic E-state index is 0.617. The lowest BCUT2D eigenvalue weighted by molar-refractivity contribution is 0.0426. The van der Waals surface area contributed by atoms with E-state index in [2.05, 4.69) is 76.3 Å². The van der Waals surface area contributed by atoms with Crippen molar-refractivity contribution in [1.82, 2.24) is 9.13 Å². The molecule has 2 aliphatic heterocycles. The maximum absolute atomic E-state index is 5.85. The highest BCUT2D eigenvalue weighted by molar-refractivity contribution is 6.26. The summed E-state index contributed by atoms with van der Waals surface area (Å²) in [7, 11) is 0. The van der Waals surface area contributed by atoms with Crippen molar-refractivity contribution in [2.75, 3.05) is 33.0 Å². The van der Waals surface area contributed by atoms with Gasteiger partial charge in [0.2, 0.25) is 0 Å². The van der Waals surface area contributed by atoms with E-state index in [0.29, 0.717) is 33.0 Å². The molecular formula is C26H25N3O2. The quantitative estimate of drug-likeness (QED) is 0.423. The smallest absolute Gasteiger partial charge is 0.0701 e. The van der Waals surface area contributed by atoms with Gasteiger partial charge in [0.15, 0.2) is 0 Å². The Kier molecular flexibility index (Phi) is 4.70. The van der Waals surface area contributed by atoms with Crippen LogP contribution in [0.25, 0.3) is 33.0 Å². The van der Waals surface area contributed by atoms with Gasteiger partial charge >= 0.3 is 0 Å². The van der Waals surface area contributed by atoms with Crippen LogP contribution in [0.15, 0.2) is 65.9 Å². The summed E-state index contributed by atoms with van der Waals surface area (Å²) in [5, 5.41) is 2.54. The molecule has 156 valence electrons. The Morgan fingerprint density at radius 3 is 1.94 bits per heavy atom. The Morgan fingerprint density at radius 1 is 0.677 bits per heavy atom. The summed E-state index contributed by atoms with van der Waals surface area (Å²) in [5.74, 6) is 0. The third kappa shape index (κ3) is 3.21. The second kappa shape index (κ2) is 7.84. The number of fused-ring (bicyclic) bond motifs is 12. The van der Waals surface area contributed by atoms with Gasteiger partial charge in [-0.3, -0.25) is 4.99 Å². The summed E-state index contributed by atoms with van der Waals surface area (Å²) >= 11 is 0. The van der Waals surface area contributed by atoms with Gasteiger partial charge in [-0.25, -0.2) is 0 Å². The minimum atomic E-state index is 0.617. The molecule has 4 heterocycles. The zero-order valence-electron chi connectivity index (χ0n) is 17.5. The third-order valence-corrected chi connectivity index (χ3v) is 6.31. The van der Waals surface area contributed by atoms with Crippen LogP contribution in [-0.4, -0.2) is 48.3 Å². The van der Waals surface area contributed by atoms with Crippen LogP contribution >= 0.6 is 0 Å². The molecule has 0 N–H and O–H groups in total. The van der Waals surface area contributed by atoms with Crippen LogP contribution in [-0.2, 0) is 22.6 Å². The molecule has 31 heavy (non-hydrogen) atoms. The first-order chi connectivity index (χ1) is 15.4. The van der Waals surface area contributed by atoms with E-state index in [9.17, 15) is 0 Å². The van der Waals surface area contributed by atoms with Crippen LogP contribution < -0.4 is 0 Å². The number of allylic oxidation sites excluding steroid dienone is 1. The van der Waals surface area contributed by atoms with Gasteiger partial charge < -0.3 is 18.6 Å². The fourth-order valence-electron chi connectivity index (χ4n) is 4.82. The van der Waals surface area contributed by atoms with E-state index in [-0.39, 0.29) is 0 Å². The Morgan fingerprint density at radius 2 is 1.26 bits per heavy atom. The monoisotopic (exact) mass is 411 g/mol. The summed E-state index contributed by atoms with van der Waals surface area (Å²) in [6, 6.07) is 17.3. The number of rotatable bonds is 0. The van der Waals surface area contributed by atoms with E-state index in [4.69, 9.17) is 14.5 Å². The summed E-state index contributed by atoms with van der Waals surface area (Å²) in [6.07, 6.45) is 6.60. The molecule has 6 rings (SSSR count). The van der Waals surface area contributed by atoms with E-state index >= 15 is 0 Å². The van der Waals surface area contributed by atoms with Gasteiger partial charge in [-0.1, -0.05) is 36.4 Å². The predicted octanol–water partition coefficient (Wildman–Crippen LogP) is 4.64. The highest BCUT2D eigenvalue weighted by atomic mass is 16.5. The van der Waals surface area contributed by atoms with Gasteiger partial charge in [-0.15, -0.1) is 0 Å². The van der Waals surface area contributed by atoms with E-state index in [1.807, 2.05) is 0 Å². The standard InChI is InChI=1S/C26H25N3O2/c1-3-7-25-19(5-1)23-17-28(25)9-11-30-13-14-31-12-10-29-18-24(22-16-27-15-21(22)23)20-6-2-4-8-26(20)29/h1-8,15,17-18H,9-14,16H2. The van der Waals surface area contributed by atoms with Gasteiger partial charge in [0, 0.05) is 70.2 Å². The van der Waals surface area contributed by atoms with Crippen molar-refractivity contribution in [2.45, 2.75) is 13.1 Å². The molecule has 0 spiro atoms. The van der Waals surface area contributed by atoms with E-state index < -0.39 is 0 Å². The van der Waals surface area contributed by atoms with Crippen molar-refractivity contribution in [2.24, 2.45) is 4.99 Å². The fourth-order valence-corrected chi connectivity index (χ4v) is 4.82. The molecular weight excluding hydrogens is 386 g/mol. The molecule has 0 saturated carbocycles. The van der Waals surface area contributed by atoms with Crippen molar-refractivity contribution >= 4 is 39.2 Å². The highest BCUT2D eigenvalue weighted by Gasteiger charge is 2.22. The molecule has 0 aliphatic carbocycles. The number of aliphatic imine (C=N–C) groups is 1. The molecule has 2 aliphatic rings. The predicted molar refractivity (Wildman–Crippen MR) is 126 cm³/mol. The van der Waals surface area contributed by atoms with Gasteiger partial charge in [-0.2, -0.15) is 0 Å². The molecule has 0 saturated heterocycles. The zero-order chi connectivity index (χ0) is 20.6. The number of para-hydroxylation sites is 2. The second-order valence-electron chi connectivity index (χ2n) is 8.09. The molecule has 0 amide bonds.